The van der Waals surface area contributed by atoms with Gasteiger partial charge in [-0.15, -0.1) is 0 Å². The van der Waals surface area contributed by atoms with E-state index in [-0.39, 0.29) is 11.9 Å². The van der Waals surface area contributed by atoms with Gasteiger partial charge in [-0.05, 0) is 32.4 Å². The second kappa shape index (κ2) is 6.76. The van der Waals surface area contributed by atoms with Gasteiger partial charge in [-0.2, -0.15) is 5.10 Å². The average Bonchev–Trinajstić information content (AvgIpc) is 3.09. The molecule has 0 saturated heterocycles. The first-order valence-electron chi connectivity index (χ1n) is 8.04. The number of rotatable bonds is 4. The molecule has 25 heavy (non-hydrogen) atoms. The van der Waals surface area contributed by atoms with Crippen LogP contribution in [0.15, 0.2) is 41.0 Å². The van der Waals surface area contributed by atoms with Crippen molar-refractivity contribution < 1.29 is 14.3 Å². The van der Waals surface area contributed by atoms with Gasteiger partial charge >= 0.3 is 5.97 Å². The zero-order chi connectivity index (χ0) is 18.0. The molecule has 1 aliphatic heterocycles. The number of aromatic amines is 1. The lowest BCUT2D eigenvalue weighted by atomic mass is 10.0. The molecule has 1 aliphatic rings. The predicted molar refractivity (Wildman–Crippen MR) is 95.3 cm³/mol. The number of amides is 1. The highest BCUT2D eigenvalue weighted by Gasteiger charge is 2.25. The molecule has 0 fully saturated rings. The van der Waals surface area contributed by atoms with Crippen LogP contribution in [0, 0.1) is 13.8 Å². The van der Waals surface area contributed by atoms with Gasteiger partial charge in [0.1, 0.15) is 5.71 Å². The maximum absolute atomic E-state index is 12.2. The summed E-state index contributed by atoms with van der Waals surface area (Å²) in [5.74, 6) is -0.644. The lowest BCUT2D eigenvalue weighted by Crippen LogP contribution is -2.13. The molecule has 6 nitrogen and oxygen atoms in total. The second-order valence-electron chi connectivity index (χ2n) is 5.71. The molecule has 0 unspecified atom stereocenters. The van der Waals surface area contributed by atoms with Crippen LogP contribution in [0.25, 0.3) is 6.08 Å². The summed E-state index contributed by atoms with van der Waals surface area (Å²) in [4.78, 5) is 27.5. The highest BCUT2D eigenvalue weighted by atomic mass is 16.5. The molecule has 0 saturated carbocycles. The number of aryl methyl sites for hydroxylation is 1. The van der Waals surface area contributed by atoms with Crippen LogP contribution < -0.4 is 5.43 Å². The van der Waals surface area contributed by atoms with Gasteiger partial charge in [0.25, 0.3) is 5.91 Å². The molecular formula is C19H19N3O3. The predicted octanol–water partition coefficient (Wildman–Crippen LogP) is 2.73. The van der Waals surface area contributed by atoms with Gasteiger partial charge in [-0.25, -0.2) is 10.2 Å². The molecule has 2 heterocycles. The summed E-state index contributed by atoms with van der Waals surface area (Å²) in [6, 6.07) is 9.47. The van der Waals surface area contributed by atoms with Crippen LogP contribution in [0.3, 0.4) is 0 Å². The van der Waals surface area contributed by atoms with Crippen LogP contribution in [0.5, 0.6) is 0 Å². The van der Waals surface area contributed by atoms with Crippen LogP contribution in [0.4, 0.5) is 0 Å². The first-order chi connectivity index (χ1) is 12.0. The van der Waals surface area contributed by atoms with E-state index in [1.807, 2.05) is 44.2 Å². The van der Waals surface area contributed by atoms with E-state index in [9.17, 15) is 9.59 Å². The first kappa shape index (κ1) is 16.7. The van der Waals surface area contributed by atoms with Crippen molar-refractivity contribution in [1.82, 2.24) is 10.4 Å². The fraction of sp³-hybridized carbons (Fsp3) is 0.211. The standard InChI is InChI=1S/C19H19N3O3/c1-4-25-19(24)16-11(2)15(20-12(16)3)10-14-17(21-22-18(14)23)13-8-6-5-7-9-13/h5-10,20H,4H2,1-3H3,(H,22,23). The average molecular weight is 337 g/mol. The quantitative estimate of drug-likeness (QED) is 0.665. The third-order valence-corrected chi connectivity index (χ3v) is 4.06. The summed E-state index contributed by atoms with van der Waals surface area (Å²) in [6.45, 7) is 5.71. The molecule has 0 bridgehead atoms. The van der Waals surface area contributed by atoms with Gasteiger partial charge in [-0.1, -0.05) is 30.3 Å². The Labute approximate surface area is 145 Å². The number of hydrazone groups is 1. The van der Waals surface area contributed by atoms with E-state index < -0.39 is 0 Å². The summed E-state index contributed by atoms with van der Waals surface area (Å²) < 4.78 is 5.10. The number of esters is 1. The number of hydrogen-bond acceptors (Lipinski definition) is 4. The molecule has 0 atom stereocenters. The molecule has 6 heteroatoms. The smallest absolute Gasteiger partial charge is 0.340 e. The zero-order valence-corrected chi connectivity index (χ0v) is 14.3. The maximum Gasteiger partial charge on any atom is 0.340 e. The van der Waals surface area contributed by atoms with Crippen molar-refractivity contribution in [1.29, 1.82) is 0 Å². The van der Waals surface area contributed by atoms with Gasteiger partial charge in [-0.3, -0.25) is 4.79 Å². The van der Waals surface area contributed by atoms with E-state index in [1.165, 1.54) is 0 Å². The fourth-order valence-corrected chi connectivity index (χ4v) is 2.86. The van der Waals surface area contributed by atoms with Crippen molar-refractivity contribution >= 4 is 23.7 Å². The Morgan fingerprint density at radius 1 is 1.24 bits per heavy atom. The third-order valence-electron chi connectivity index (χ3n) is 4.06. The topological polar surface area (TPSA) is 83.5 Å². The number of hydrogen-bond donors (Lipinski definition) is 2. The summed E-state index contributed by atoms with van der Waals surface area (Å²) in [7, 11) is 0. The van der Waals surface area contributed by atoms with Crippen molar-refractivity contribution in [2.75, 3.05) is 6.61 Å². The number of aromatic nitrogens is 1. The minimum atomic E-state index is -0.369. The summed E-state index contributed by atoms with van der Waals surface area (Å²) in [5.41, 5.74) is 7.02. The molecule has 0 aliphatic carbocycles. The SMILES string of the molecule is CCOC(=O)c1c(C)[nH]c(C=C2C(=O)NN=C2c2ccccc2)c1C. The molecule has 0 spiro atoms. The van der Waals surface area contributed by atoms with Crippen molar-refractivity contribution in [2.24, 2.45) is 5.10 Å². The van der Waals surface area contributed by atoms with Gasteiger partial charge in [0.2, 0.25) is 0 Å². The number of H-pyrrole nitrogens is 1. The van der Waals surface area contributed by atoms with Crippen LogP contribution in [0.2, 0.25) is 0 Å². The van der Waals surface area contributed by atoms with Crippen molar-refractivity contribution in [2.45, 2.75) is 20.8 Å². The fourth-order valence-electron chi connectivity index (χ4n) is 2.86. The highest BCUT2D eigenvalue weighted by molar-refractivity contribution is 6.33. The lowest BCUT2D eigenvalue weighted by Gasteiger charge is -2.03. The molecule has 1 aromatic carbocycles. The first-order valence-corrected chi connectivity index (χ1v) is 8.04. The Hall–Kier alpha value is -3.15. The molecule has 1 aromatic heterocycles. The van der Waals surface area contributed by atoms with Crippen molar-refractivity contribution in [3.8, 4) is 0 Å². The number of benzene rings is 1. The Morgan fingerprint density at radius 2 is 1.96 bits per heavy atom. The minimum Gasteiger partial charge on any atom is -0.462 e. The number of carbonyl (C=O) groups excluding carboxylic acids is 2. The number of nitrogens with zero attached hydrogens (tertiary/aromatic N) is 1. The van der Waals surface area contributed by atoms with Crippen molar-refractivity contribution in [3.63, 3.8) is 0 Å². The number of carbonyl (C=O) groups is 2. The molecule has 2 aromatic rings. The Bertz CT molecular complexity index is 892. The van der Waals surface area contributed by atoms with E-state index in [2.05, 4.69) is 15.5 Å². The van der Waals surface area contributed by atoms with Crippen LogP contribution in [0.1, 0.15) is 39.8 Å². The van der Waals surface area contributed by atoms with E-state index in [0.717, 1.165) is 11.1 Å². The zero-order valence-electron chi connectivity index (χ0n) is 14.3. The highest BCUT2D eigenvalue weighted by Crippen LogP contribution is 2.23. The Kier molecular flexibility index (Phi) is 4.52. The van der Waals surface area contributed by atoms with Gasteiger partial charge < -0.3 is 9.72 Å². The molecule has 1 amide bonds. The summed E-state index contributed by atoms with van der Waals surface area (Å²) in [6.07, 6.45) is 1.72. The van der Waals surface area contributed by atoms with Crippen LogP contribution >= 0.6 is 0 Å². The van der Waals surface area contributed by atoms with Crippen molar-refractivity contribution in [3.05, 3.63) is 64.0 Å². The molecule has 2 N–H and O–H groups in total. The van der Waals surface area contributed by atoms with E-state index in [1.54, 1.807) is 13.0 Å². The largest absolute Gasteiger partial charge is 0.462 e. The summed E-state index contributed by atoms with van der Waals surface area (Å²) >= 11 is 0. The molecular weight excluding hydrogens is 318 g/mol. The Balaban J connectivity index is 2.02. The van der Waals surface area contributed by atoms with E-state index in [4.69, 9.17) is 4.74 Å². The lowest BCUT2D eigenvalue weighted by molar-refractivity contribution is -0.116. The molecule has 128 valence electrons. The maximum atomic E-state index is 12.2. The Morgan fingerprint density at radius 3 is 2.64 bits per heavy atom. The number of nitrogens with one attached hydrogen (secondary N) is 2. The van der Waals surface area contributed by atoms with Crippen LogP contribution in [-0.2, 0) is 9.53 Å². The van der Waals surface area contributed by atoms with Crippen LogP contribution in [-0.4, -0.2) is 29.2 Å². The second-order valence-corrected chi connectivity index (χ2v) is 5.71. The normalized spacial score (nSPS) is 15.2. The van der Waals surface area contributed by atoms with Gasteiger partial charge in [0.05, 0.1) is 17.7 Å². The molecule has 3 rings (SSSR count). The van der Waals surface area contributed by atoms with E-state index >= 15 is 0 Å². The minimum absolute atomic E-state index is 0.275. The van der Waals surface area contributed by atoms with E-state index in [0.29, 0.717) is 34.8 Å². The molecule has 0 radical (unpaired) electrons. The number of ether oxygens (including phenoxy) is 1. The van der Waals surface area contributed by atoms with Gasteiger partial charge in [0, 0.05) is 17.0 Å². The monoisotopic (exact) mass is 337 g/mol. The van der Waals surface area contributed by atoms with Gasteiger partial charge in [0.15, 0.2) is 0 Å². The summed E-state index contributed by atoms with van der Waals surface area (Å²) in [5, 5.41) is 4.13. The third kappa shape index (κ3) is 3.10.